The Bertz CT molecular complexity index is 542. The SMILES string of the molecule is Cc1nc(S(=O)(=O)NCCOC2CCC(N)CC2)cn1C. The Hall–Kier alpha value is -0.960. The summed E-state index contributed by atoms with van der Waals surface area (Å²) in [4.78, 5) is 4.02. The molecule has 1 saturated carbocycles. The third kappa shape index (κ3) is 4.50. The number of imidazole rings is 1. The van der Waals surface area contributed by atoms with E-state index in [2.05, 4.69) is 9.71 Å². The van der Waals surface area contributed by atoms with E-state index in [1.54, 1.807) is 18.5 Å². The van der Waals surface area contributed by atoms with Gasteiger partial charge < -0.3 is 15.0 Å². The second-order valence-electron chi connectivity index (χ2n) is 5.54. The molecular weight excluding hydrogens is 292 g/mol. The predicted octanol–water partition coefficient (Wildman–Crippen LogP) is 0.293. The van der Waals surface area contributed by atoms with Crippen LogP contribution in [-0.4, -0.2) is 43.3 Å². The lowest BCUT2D eigenvalue weighted by atomic mass is 9.94. The first-order valence-corrected chi connectivity index (χ1v) is 8.73. The van der Waals surface area contributed by atoms with E-state index in [9.17, 15) is 8.42 Å². The van der Waals surface area contributed by atoms with Crippen LogP contribution in [0.15, 0.2) is 11.2 Å². The monoisotopic (exact) mass is 316 g/mol. The van der Waals surface area contributed by atoms with E-state index in [1.165, 1.54) is 6.20 Å². The van der Waals surface area contributed by atoms with Crippen LogP contribution in [0.3, 0.4) is 0 Å². The van der Waals surface area contributed by atoms with Gasteiger partial charge in [-0.15, -0.1) is 0 Å². The average Bonchev–Trinajstić information content (AvgIpc) is 2.78. The fraction of sp³-hybridized carbons (Fsp3) is 0.769. The van der Waals surface area contributed by atoms with Crippen molar-refractivity contribution < 1.29 is 13.2 Å². The molecular formula is C13H24N4O3S. The highest BCUT2D eigenvalue weighted by molar-refractivity contribution is 7.89. The number of aromatic nitrogens is 2. The molecule has 0 aromatic carbocycles. The van der Waals surface area contributed by atoms with E-state index < -0.39 is 10.0 Å². The van der Waals surface area contributed by atoms with Crippen LogP contribution in [0, 0.1) is 6.92 Å². The van der Waals surface area contributed by atoms with Crippen molar-refractivity contribution in [3.8, 4) is 0 Å². The van der Waals surface area contributed by atoms with Crippen LogP contribution in [0.4, 0.5) is 0 Å². The second-order valence-corrected chi connectivity index (χ2v) is 7.26. The topological polar surface area (TPSA) is 99.2 Å². The number of rotatable bonds is 6. The molecule has 1 aromatic heterocycles. The van der Waals surface area contributed by atoms with Gasteiger partial charge in [0.1, 0.15) is 5.82 Å². The fourth-order valence-corrected chi connectivity index (χ4v) is 3.44. The van der Waals surface area contributed by atoms with Crippen LogP contribution < -0.4 is 10.5 Å². The Balaban J connectivity index is 1.75. The van der Waals surface area contributed by atoms with Crippen molar-refractivity contribution in [2.75, 3.05) is 13.2 Å². The molecule has 0 atom stereocenters. The lowest BCUT2D eigenvalue weighted by molar-refractivity contribution is 0.0287. The Morgan fingerprint density at radius 1 is 1.43 bits per heavy atom. The minimum Gasteiger partial charge on any atom is -0.377 e. The smallest absolute Gasteiger partial charge is 0.259 e. The average molecular weight is 316 g/mol. The summed E-state index contributed by atoms with van der Waals surface area (Å²) in [5, 5.41) is 0.0474. The summed E-state index contributed by atoms with van der Waals surface area (Å²) in [5.74, 6) is 0.658. The van der Waals surface area contributed by atoms with Crippen LogP contribution in [0.2, 0.25) is 0 Å². The third-order valence-corrected chi connectivity index (χ3v) is 5.16. The Labute approximate surface area is 125 Å². The van der Waals surface area contributed by atoms with Crippen LogP contribution in [-0.2, 0) is 21.8 Å². The van der Waals surface area contributed by atoms with Gasteiger partial charge in [-0.2, -0.15) is 0 Å². The minimum absolute atomic E-state index is 0.0474. The van der Waals surface area contributed by atoms with Gasteiger partial charge in [0.2, 0.25) is 0 Å². The number of hydrogen-bond acceptors (Lipinski definition) is 5. The number of aryl methyl sites for hydroxylation is 2. The van der Waals surface area contributed by atoms with Gasteiger partial charge in [-0.25, -0.2) is 18.1 Å². The van der Waals surface area contributed by atoms with E-state index >= 15 is 0 Å². The zero-order valence-electron chi connectivity index (χ0n) is 12.6. The summed E-state index contributed by atoms with van der Waals surface area (Å²) in [6.07, 6.45) is 5.56. The Kier molecular flexibility index (Phi) is 5.37. The zero-order valence-corrected chi connectivity index (χ0v) is 13.4. The number of hydrogen-bond donors (Lipinski definition) is 2. The molecule has 21 heavy (non-hydrogen) atoms. The largest absolute Gasteiger partial charge is 0.377 e. The molecule has 7 nitrogen and oxygen atoms in total. The maximum absolute atomic E-state index is 12.0. The molecule has 0 amide bonds. The van der Waals surface area contributed by atoms with E-state index in [0.717, 1.165) is 25.7 Å². The summed E-state index contributed by atoms with van der Waals surface area (Å²) < 4.78 is 33.9. The van der Waals surface area contributed by atoms with Gasteiger partial charge in [0.15, 0.2) is 5.03 Å². The van der Waals surface area contributed by atoms with Crippen molar-refractivity contribution in [2.24, 2.45) is 12.8 Å². The number of nitrogens with one attached hydrogen (secondary N) is 1. The molecule has 1 aromatic rings. The number of ether oxygens (including phenoxy) is 1. The van der Waals surface area contributed by atoms with Crippen molar-refractivity contribution in [3.63, 3.8) is 0 Å². The van der Waals surface area contributed by atoms with Gasteiger partial charge in [-0.3, -0.25) is 0 Å². The molecule has 1 aliphatic carbocycles. The van der Waals surface area contributed by atoms with Gasteiger partial charge in [0.25, 0.3) is 10.0 Å². The third-order valence-electron chi connectivity index (χ3n) is 3.83. The quantitative estimate of drug-likeness (QED) is 0.735. The molecule has 2 rings (SSSR count). The van der Waals surface area contributed by atoms with Crippen molar-refractivity contribution in [1.29, 1.82) is 0 Å². The van der Waals surface area contributed by atoms with Crippen molar-refractivity contribution in [2.45, 2.75) is 49.8 Å². The summed E-state index contributed by atoms with van der Waals surface area (Å²) >= 11 is 0. The second kappa shape index (κ2) is 6.87. The van der Waals surface area contributed by atoms with E-state index in [0.29, 0.717) is 12.4 Å². The van der Waals surface area contributed by atoms with Crippen molar-refractivity contribution >= 4 is 10.0 Å². The van der Waals surface area contributed by atoms with E-state index in [1.807, 2.05) is 0 Å². The maximum atomic E-state index is 12.0. The number of sulfonamides is 1. The highest BCUT2D eigenvalue weighted by Crippen LogP contribution is 2.19. The van der Waals surface area contributed by atoms with Gasteiger partial charge in [-0.05, 0) is 32.6 Å². The van der Waals surface area contributed by atoms with Gasteiger partial charge >= 0.3 is 0 Å². The standard InChI is InChI=1S/C13H24N4O3S/c1-10-16-13(9-17(10)2)21(18,19)15-7-8-20-12-5-3-11(14)4-6-12/h9,11-12,15H,3-8,14H2,1-2H3. The summed E-state index contributed by atoms with van der Waals surface area (Å²) in [6.45, 7) is 2.38. The Morgan fingerprint density at radius 2 is 2.10 bits per heavy atom. The minimum atomic E-state index is -3.56. The zero-order chi connectivity index (χ0) is 15.5. The van der Waals surface area contributed by atoms with Gasteiger partial charge in [0, 0.05) is 25.8 Å². The number of nitrogens with zero attached hydrogens (tertiary/aromatic N) is 2. The van der Waals surface area contributed by atoms with Crippen LogP contribution in [0.1, 0.15) is 31.5 Å². The highest BCUT2D eigenvalue weighted by Gasteiger charge is 2.20. The summed E-state index contributed by atoms with van der Waals surface area (Å²) in [5.41, 5.74) is 5.83. The molecule has 0 radical (unpaired) electrons. The lowest BCUT2D eigenvalue weighted by Gasteiger charge is -2.26. The predicted molar refractivity (Wildman–Crippen MR) is 79.3 cm³/mol. The first kappa shape index (κ1) is 16.4. The molecule has 3 N–H and O–H groups in total. The molecule has 1 aliphatic rings. The first-order chi connectivity index (χ1) is 9.88. The molecule has 0 unspecified atom stereocenters. The maximum Gasteiger partial charge on any atom is 0.259 e. The summed E-state index contributed by atoms with van der Waals surface area (Å²) in [6, 6.07) is 0.288. The van der Waals surface area contributed by atoms with Gasteiger partial charge in [-0.1, -0.05) is 0 Å². The molecule has 1 fully saturated rings. The fourth-order valence-electron chi connectivity index (χ4n) is 2.39. The van der Waals surface area contributed by atoms with Crippen molar-refractivity contribution in [3.05, 3.63) is 12.0 Å². The number of nitrogens with two attached hydrogens (primary N) is 1. The Morgan fingerprint density at radius 3 is 2.67 bits per heavy atom. The van der Waals surface area contributed by atoms with Crippen LogP contribution in [0.25, 0.3) is 0 Å². The molecule has 8 heteroatoms. The van der Waals surface area contributed by atoms with Crippen LogP contribution >= 0.6 is 0 Å². The molecule has 1 heterocycles. The summed E-state index contributed by atoms with van der Waals surface area (Å²) in [7, 11) is -1.79. The molecule has 0 saturated heterocycles. The molecule has 120 valence electrons. The highest BCUT2D eigenvalue weighted by atomic mass is 32.2. The normalized spacial score (nSPS) is 23.4. The van der Waals surface area contributed by atoms with E-state index in [4.69, 9.17) is 10.5 Å². The van der Waals surface area contributed by atoms with Gasteiger partial charge in [0.05, 0.1) is 12.7 Å². The van der Waals surface area contributed by atoms with Crippen LogP contribution in [0.5, 0.6) is 0 Å². The first-order valence-electron chi connectivity index (χ1n) is 7.25. The molecule has 0 spiro atoms. The lowest BCUT2D eigenvalue weighted by Crippen LogP contribution is -2.33. The van der Waals surface area contributed by atoms with E-state index in [-0.39, 0.29) is 23.7 Å². The van der Waals surface area contributed by atoms with Crippen molar-refractivity contribution in [1.82, 2.24) is 14.3 Å². The molecule has 0 aliphatic heterocycles. The molecule has 0 bridgehead atoms.